The molecule has 0 aromatic heterocycles. The van der Waals surface area contributed by atoms with Gasteiger partial charge in [0.15, 0.2) is 0 Å². The van der Waals surface area contributed by atoms with Gasteiger partial charge in [0.05, 0.1) is 18.9 Å². The van der Waals surface area contributed by atoms with Crippen molar-refractivity contribution in [3.63, 3.8) is 0 Å². The summed E-state index contributed by atoms with van der Waals surface area (Å²) >= 11 is 3.22. The SMILES string of the molecule is COC(=O)[C@H]1[C@H](C(=O)NCc2ccc(Br)cc2F)[C@@H]2C=C[C@H]1C21CC1. The number of halogens is 2. The highest BCUT2D eigenvalue weighted by molar-refractivity contribution is 9.10. The lowest BCUT2D eigenvalue weighted by Crippen LogP contribution is -2.40. The van der Waals surface area contributed by atoms with Crippen LogP contribution in [0.25, 0.3) is 0 Å². The number of methoxy groups -OCH3 is 1. The van der Waals surface area contributed by atoms with Crippen molar-refractivity contribution < 1.29 is 18.7 Å². The number of ether oxygens (including phenoxy) is 1. The standard InChI is InChI=1S/C19H19BrFNO3/c1-25-18(24)16-13-5-4-12(19(13)6-7-19)15(16)17(23)22-9-10-2-3-11(20)8-14(10)21/h2-5,8,12-13,15-16H,6-7,9H2,1H3,(H,22,23)/t12-,13+,15+,16+/m0/s1. The van der Waals surface area contributed by atoms with Crippen LogP contribution in [-0.2, 0) is 20.9 Å². The van der Waals surface area contributed by atoms with Crippen molar-refractivity contribution in [3.8, 4) is 0 Å². The van der Waals surface area contributed by atoms with Crippen molar-refractivity contribution in [1.29, 1.82) is 0 Å². The minimum Gasteiger partial charge on any atom is -0.469 e. The Morgan fingerprint density at radius 3 is 2.56 bits per heavy atom. The van der Waals surface area contributed by atoms with Crippen LogP contribution in [0.3, 0.4) is 0 Å². The van der Waals surface area contributed by atoms with Gasteiger partial charge >= 0.3 is 5.97 Å². The van der Waals surface area contributed by atoms with E-state index in [-0.39, 0.29) is 41.5 Å². The lowest BCUT2D eigenvalue weighted by molar-refractivity contribution is -0.151. The molecule has 3 aliphatic carbocycles. The molecule has 0 saturated heterocycles. The molecule has 0 heterocycles. The van der Waals surface area contributed by atoms with Gasteiger partial charge in [0, 0.05) is 16.6 Å². The lowest BCUT2D eigenvalue weighted by Gasteiger charge is -2.25. The molecule has 0 unspecified atom stereocenters. The van der Waals surface area contributed by atoms with E-state index in [1.807, 2.05) is 0 Å². The van der Waals surface area contributed by atoms with E-state index >= 15 is 0 Å². The van der Waals surface area contributed by atoms with Gasteiger partial charge in [-0.2, -0.15) is 0 Å². The Morgan fingerprint density at radius 1 is 1.28 bits per heavy atom. The fourth-order valence-electron chi connectivity index (χ4n) is 4.78. The Hall–Kier alpha value is -1.69. The van der Waals surface area contributed by atoms with Crippen molar-refractivity contribution in [2.24, 2.45) is 29.1 Å². The molecule has 1 N–H and O–H groups in total. The third kappa shape index (κ3) is 2.53. The second-order valence-corrected chi connectivity index (χ2v) is 8.11. The van der Waals surface area contributed by atoms with E-state index in [4.69, 9.17) is 4.74 Å². The maximum atomic E-state index is 14.0. The van der Waals surface area contributed by atoms with Crippen molar-refractivity contribution >= 4 is 27.8 Å². The number of nitrogens with one attached hydrogen (secondary N) is 1. The zero-order chi connectivity index (χ0) is 17.8. The maximum Gasteiger partial charge on any atom is 0.310 e. The summed E-state index contributed by atoms with van der Waals surface area (Å²) < 4.78 is 19.6. The van der Waals surface area contributed by atoms with Crippen LogP contribution in [0, 0.1) is 34.9 Å². The van der Waals surface area contributed by atoms with Crippen molar-refractivity contribution in [1.82, 2.24) is 5.32 Å². The molecule has 25 heavy (non-hydrogen) atoms. The third-order valence-electron chi connectivity index (χ3n) is 6.09. The van der Waals surface area contributed by atoms with Gasteiger partial charge in [0.25, 0.3) is 0 Å². The van der Waals surface area contributed by atoms with Crippen molar-refractivity contribution in [2.45, 2.75) is 19.4 Å². The summed E-state index contributed by atoms with van der Waals surface area (Å²) in [6.07, 6.45) is 6.26. The molecule has 4 rings (SSSR count). The van der Waals surface area contributed by atoms with Gasteiger partial charge in [0.1, 0.15) is 5.82 Å². The minimum absolute atomic E-state index is 0.0731. The zero-order valence-electron chi connectivity index (χ0n) is 13.8. The normalized spacial score (nSPS) is 30.5. The van der Waals surface area contributed by atoms with Gasteiger partial charge in [-0.25, -0.2) is 4.39 Å². The van der Waals surface area contributed by atoms with Gasteiger partial charge < -0.3 is 10.1 Å². The van der Waals surface area contributed by atoms with Gasteiger partial charge in [0.2, 0.25) is 5.91 Å². The van der Waals surface area contributed by atoms with Gasteiger partial charge in [-0.3, -0.25) is 9.59 Å². The molecule has 0 aliphatic heterocycles. The van der Waals surface area contributed by atoms with E-state index in [1.165, 1.54) is 13.2 Å². The van der Waals surface area contributed by atoms with Crippen LogP contribution in [-0.4, -0.2) is 19.0 Å². The van der Waals surface area contributed by atoms with E-state index in [0.717, 1.165) is 12.8 Å². The smallest absolute Gasteiger partial charge is 0.310 e. The molecule has 2 saturated carbocycles. The van der Waals surface area contributed by atoms with E-state index in [0.29, 0.717) is 10.0 Å². The van der Waals surface area contributed by atoms with Crippen LogP contribution in [0.5, 0.6) is 0 Å². The fourth-order valence-corrected chi connectivity index (χ4v) is 5.11. The summed E-state index contributed by atoms with van der Waals surface area (Å²) in [4.78, 5) is 25.1. The molecule has 1 spiro atoms. The molecule has 1 aromatic rings. The minimum atomic E-state index is -0.433. The molecule has 1 aromatic carbocycles. The summed E-state index contributed by atoms with van der Waals surface area (Å²) in [5, 5.41) is 2.82. The topological polar surface area (TPSA) is 55.4 Å². The van der Waals surface area contributed by atoms with Gasteiger partial charge in [-0.15, -0.1) is 0 Å². The lowest BCUT2D eigenvalue weighted by atomic mass is 9.82. The summed E-state index contributed by atoms with van der Waals surface area (Å²) in [5.74, 6) is -1.58. The molecule has 1 amide bonds. The summed E-state index contributed by atoms with van der Waals surface area (Å²) in [7, 11) is 1.36. The fraction of sp³-hybridized carbons (Fsp3) is 0.474. The highest BCUT2D eigenvalue weighted by atomic mass is 79.9. The predicted molar refractivity (Wildman–Crippen MR) is 92.7 cm³/mol. The van der Waals surface area contributed by atoms with Crippen molar-refractivity contribution in [3.05, 3.63) is 46.2 Å². The number of rotatable bonds is 4. The number of allylic oxidation sites excluding steroid dienone is 2. The first-order chi connectivity index (χ1) is 12.0. The molecule has 6 heteroatoms. The van der Waals surface area contributed by atoms with Crippen LogP contribution in [0.1, 0.15) is 18.4 Å². The number of amides is 1. The summed E-state index contributed by atoms with van der Waals surface area (Å²) in [5.41, 5.74) is 0.495. The Balaban J connectivity index is 1.52. The van der Waals surface area contributed by atoms with Crippen LogP contribution in [0.15, 0.2) is 34.8 Å². The number of carbonyl (C=O) groups is 2. The zero-order valence-corrected chi connectivity index (χ0v) is 15.4. The number of benzene rings is 1. The predicted octanol–water partition coefficient (Wildman–Crippen LogP) is 3.21. The molecule has 3 aliphatic rings. The highest BCUT2D eigenvalue weighted by Crippen LogP contribution is 2.72. The third-order valence-corrected chi connectivity index (χ3v) is 6.58. The molecule has 2 fully saturated rings. The molecule has 0 radical (unpaired) electrons. The average molecular weight is 408 g/mol. The number of carbonyl (C=O) groups excluding carboxylic acids is 2. The summed E-state index contributed by atoms with van der Waals surface area (Å²) in [6.45, 7) is 0.108. The van der Waals surface area contributed by atoms with Crippen LogP contribution in [0.4, 0.5) is 4.39 Å². The molecule has 2 bridgehead atoms. The molecule has 132 valence electrons. The highest BCUT2D eigenvalue weighted by Gasteiger charge is 2.70. The van der Waals surface area contributed by atoms with Gasteiger partial charge in [-0.05, 0) is 42.2 Å². The van der Waals surface area contributed by atoms with Crippen LogP contribution < -0.4 is 5.32 Å². The number of hydrogen-bond donors (Lipinski definition) is 1. The second-order valence-electron chi connectivity index (χ2n) is 7.20. The summed E-state index contributed by atoms with van der Waals surface area (Å²) in [6, 6.07) is 4.75. The number of esters is 1. The maximum absolute atomic E-state index is 14.0. The van der Waals surface area contributed by atoms with Crippen LogP contribution in [0.2, 0.25) is 0 Å². The molecular formula is C19H19BrFNO3. The largest absolute Gasteiger partial charge is 0.469 e. The van der Waals surface area contributed by atoms with Crippen molar-refractivity contribution in [2.75, 3.05) is 7.11 Å². The van der Waals surface area contributed by atoms with E-state index in [1.54, 1.807) is 12.1 Å². The Morgan fingerprint density at radius 2 is 1.96 bits per heavy atom. The first-order valence-electron chi connectivity index (χ1n) is 8.46. The van der Waals surface area contributed by atoms with Gasteiger partial charge in [-0.1, -0.05) is 34.1 Å². The van der Waals surface area contributed by atoms with E-state index < -0.39 is 11.8 Å². The molecular weight excluding hydrogens is 389 g/mol. The first kappa shape index (κ1) is 16.8. The first-order valence-corrected chi connectivity index (χ1v) is 9.25. The second kappa shape index (κ2) is 5.94. The number of hydrogen-bond acceptors (Lipinski definition) is 3. The van der Waals surface area contributed by atoms with Crippen LogP contribution >= 0.6 is 15.9 Å². The quantitative estimate of drug-likeness (QED) is 0.615. The van der Waals surface area contributed by atoms with E-state index in [2.05, 4.69) is 33.4 Å². The van der Waals surface area contributed by atoms with E-state index in [9.17, 15) is 14.0 Å². The Bertz CT molecular complexity index is 774. The Kier molecular flexibility index (Phi) is 3.98. The monoisotopic (exact) mass is 407 g/mol. The Labute approximate surface area is 153 Å². The molecule has 4 atom stereocenters. The molecule has 4 nitrogen and oxygen atoms in total. The average Bonchev–Trinajstić information content (AvgIpc) is 3.26.